The van der Waals surface area contributed by atoms with Crippen molar-refractivity contribution < 1.29 is 0 Å². The van der Waals surface area contributed by atoms with Crippen molar-refractivity contribution >= 4 is 5.95 Å². The summed E-state index contributed by atoms with van der Waals surface area (Å²) in [6.45, 7) is 3.04. The Kier molecular flexibility index (Phi) is 3.44. The fourth-order valence-corrected chi connectivity index (χ4v) is 1.40. The zero-order chi connectivity index (χ0) is 12.1. The van der Waals surface area contributed by atoms with Gasteiger partial charge in [0.05, 0.1) is 6.54 Å². The van der Waals surface area contributed by atoms with Gasteiger partial charge in [0.15, 0.2) is 0 Å². The Balaban J connectivity index is 2.20. The third kappa shape index (κ3) is 2.87. The summed E-state index contributed by atoms with van der Waals surface area (Å²) in [5.74, 6) is 0.361. The van der Waals surface area contributed by atoms with Crippen molar-refractivity contribution in [3.63, 3.8) is 0 Å². The van der Waals surface area contributed by atoms with Crippen LogP contribution >= 0.6 is 0 Å². The van der Waals surface area contributed by atoms with Crippen LogP contribution in [-0.2, 0) is 6.54 Å². The topological polar surface area (TPSA) is 72.7 Å². The molecule has 2 aromatic heterocycles. The third-order valence-electron chi connectivity index (χ3n) is 2.18. The van der Waals surface area contributed by atoms with Gasteiger partial charge in [0.2, 0.25) is 5.95 Å². The first-order chi connectivity index (χ1) is 8.29. The normalized spacial score (nSPS) is 10.2. The molecule has 0 spiro atoms. The van der Waals surface area contributed by atoms with E-state index in [4.69, 9.17) is 0 Å². The van der Waals surface area contributed by atoms with Crippen LogP contribution in [0.5, 0.6) is 0 Å². The van der Waals surface area contributed by atoms with Gasteiger partial charge in [-0.1, -0.05) is 6.07 Å². The molecule has 88 valence electrons. The number of hydrogen-bond donors (Lipinski definition) is 1. The molecular formula is C11H13N5O. The number of pyridine rings is 1. The van der Waals surface area contributed by atoms with Gasteiger partial charge in [0.25, 0.3) is 0 Å². The molecule has 0 saturated carbocycles. The molecule has 0 radical (unpaired) electrons. The Morgan fingerprint density at radius 3 is 3.00 bits per heavy atom. The summed E-state index contributed by atoms with van der Waals surface area (Å²) in [5, 5.41) is 2.89. The molecule has 0 atom stereocenters. The second-order valence-electron chi connectivity index (χ2n) is 3.48. The predicted octanol–water partition coefficient (Wildman–Crippen LogP) is 0.513. The Morgan fingerprint density at radius 1 is 1.47 bits per heavy atom. The number of anilines is 1. The number of nitrogens with zero attached hydrogens (tertiary/aromatic N) is 4. The van der Waals surface area contributed by atoms with Crippen LogP contribution in [0.4, 0.5) is 5.95 Å². The van der Waals surface area contributed by atoms with Crippen molar-refractivity contribution in [1.29, 1.82) is 0 Å². The van der Waals surface area contributed by atoms with Gasteiger partial charge in [0.1, 0.15) is 6.33 Å². The zero-order valence-corrected chi connectivity index (χ0v) is 9.50. The molecule has 6 heteroatoms. The van der Waals surface area contributed by atoms with Crippen molar-refractivity contribution in [3.8, 4) is 0 Å². The lowest BCUT2D eigenvalue weighted by Gasteiger charge is -2.05. The summed E-state index contributed by atoms with van der Waals surface area (Å²) in [7, 11) is 0. The van der Waals surface area contributed by atoms with Crippen molar-refractivity contribution in [3.05, 3.63) is 46.9 Å². The van der Waals surface area contributed by atoms with Crippen molar-refractivity contribution in [1.82, 2.24) is 19.5 Å². The lowest BCUT2D eigenvalue weighted by molar-refractivity contribution is 0.699. The summed E-state index contributed by atoms with van der Waals surface area (Å²) in [6, 6.07) is 3.73. The van der Waals surface area contributed by atoms with Gasteiger partial charge in [-0.25, -0.2) is 9.78 Å². The minimum absolute atomic E-state index is 0.320. The van der Waals surface area contributed by atoms with Crippen LogP contribution in [0.2, 0.25) is 0 Å². The van der Waals surface area contributed by atoms with Crippen LogP contribution in [-0.4, -0.2) is 26.1 Å². The van der Waals surface area contributed by atoms with Gasteiger partial charge in [-0.05, 0) is 18.6 Å². The van der Waals surface area contributed by atoms with Gasteiger partial charge in [-0.3, -0.25) is 9.55 Å². The fourth-order valence-electron chi connectivity index (χ4n) is 1.40. The predicted molar refractivity (Wildman–Crippen MR) is 63.8 cm³/mol. The van der Waals surface area contributed by atoms with E-state index < -0.39 is 0 Å². The number of nitrogens with one attached hydrogen (secondary N) is 1. The molecule has 0 saturated heterocycles. The van der Waals surface area contributed by atoms with E-state index >= 15 is 0 Å². The van der Waals surface area contributed by atoms with Crippen LogP contribution in [0, 0.1) is 0 Å². The Bertz CT molecular complexity index is 537. The molecule has 17 heavy (non-hydrogen) atoms. The molecule has 0 aromatic carbocycles. The maximum Gasteiger partial charge on any atom is 0.352 e. The highest BCUT2D eigenvalue weighted by Crippen LogP contribution is 1.98. The summed E-state index contributed by atoms with van der Waals surface area (Å²) >= 11 is 0. The molecule has 0 fully saturated rings. The van der Waals surface area contributed by atoms with Crippen LogP contribution in [0.3, 0.4) is 0 Å². The van der Waals surface area contributed by atoms with Crippen LogP contribution in [0.25, 0.3) is 0 Å². The van der Waals surface area contributed by atoms with Gasteiger partial charge in [0, 0.05) is 18.9 Å². The highest BCUT2D eigenvalue weighted by molar-refractivity contribution is 5.20. The molecule has 2 heterocycles. The second kappa shape index (κ2) is 5.20. The average Bonchev–Trinajstić information content (AvgIpc) is 2.34. The number of aromatic nitrogens is 4. The smallest absolute Gasteiger partial charge is 0.352 e. The molecule has 0 unspecified atom stereocenters. The highest BCUT2D eigenvalue weighted by atomic mass is 16.1. The van der Waals surface area contributed by atoms with E-state index in [1.807, 2.05) is 19.1 Å². The molecule has 2 aromatic rings. The first-order valence-corrected chi connectivity index (χ1v) is 5.36. The SMILES string of the molecule is CCNc1ncn(Cc2cccnc2)c(=O)n1. The van der Waals surface area contributed by atoms with Crippen LogP contribution < -0.4 is 11.0 Å². The molecule has 0 aliphatic heterocycles. The van der Waals surface area contributed by atoms with E-state index in [0.29, 0.717) is 19.0 Å². The van der Waals surface area contributed by atoms with E-state index in [1.54, 1.807) is 12.4 Å². The molecule has 0 amide bonds. The fraction of sp³-hybridized carbons (Fsp3) is 0.273. The summed E-state index contributed by atoms with van der Waals surface area (Å²) in [5.41, 5.74) is 0.620. The summed E-state index contributed by atoms with van der Waals surface area (Å²) in [4.78, 5) is 23.5. The Labute approximate surface area is 98.4 Å². The second-order valence-corrected chi connectivity index (χ2v) is 3.48. The maximum absolute atomic E-state index is 11.7. The minimum Gasteiger partial charge on any atom is -0.354 e. The number of hydrogen-bond acceptors (Lipinski definition) is 5. The molecule has 0 bridgehead atoms. The summed E-state index contributed by atoms with van der Waals surface area (Å²) in [6.07, 6.45) is 4.89. The minimum atomic E-state index is -0.320. The first-order valence-electron chi connectivity index (χ1n) is 5.36. The quantitative estimate of drug-likeness (QED) is 0.830. The maximum atomic E-state index is 11.7. The van der Waals surface area contributed by atoms with Crippen molar-refractivity contribution in [2.45, 2.75) is 13.5 Å². The Morgan fingerprint density at radius 2 is 2.35 bits per heavy atom. The van der Waals surface area contributed by atoms with Crippen molar-refractivity contribution in [2.75, 3.05) is 11.9 Å². The number of rotatable bonds is 4. The Hall–Kier alpha value is -2.24. The molecule has 2 rings (SSSR count). The van der Waals surface area contributed by atoms with E-state index in [-0.39, 0.29) is 5.69 Å². The van der Waals surface area contributed by atoms with Gasteiger partial charge in [-0.15, -0.1) is 0 Å². The molecule has 6 nitrogen and oxygen atoms in total. The molecular weight excluding hydrogens is 218 g/mol. The van der Waals surface area contributed by atoms with Gasteiger partial charge >= 0.3 is 5.69 Å². The lowest BCUT2D eigenvalue weighted by atomic mass is 10.3. The monoisotopic (exact) mass is 231 g/mol. The van der Waals surface area contributed by atoms with Crippen molar-refractivity contribution in [2.24, 2.45) is 0 Å². The average molecular weight is 231 g/mol. The molecule has 0 aliphatic carbocycles. The van der Waals surface area contributed by atoms with Gasteiger partial charge in [-0.2, -0.15) is 4.98 Å². The van der Waals surface area contributed by atoms with Crippen LogP contribution in [0.1, 0.15) is 12.5 Å². The summed E-state index contributed by atoms with van der Waals surface area (Å²) < 4.78 is 1.44. The van der Waals surface area contributed by atoms with Crippen LogP contribution in [0.15, 0.2) is 35.6 Å². The third-order valence-corrected chi connectivity index (χ3v) is 2.18. The molecule has 1 N–H and O–H groups in total. The van der Waals surface area contributed by atoms with E-state index in [2.05, 4.69) is 20.3 Å². The van der Waals surface area contributed by atoms with E-state index in [9.17, 15) is 4.79 Å². The first kappa shape index (κ1) is 11.3. The standard InChI is InChI=1S/C11H13N5O/c1-2-13-10-14-8-16(11(17)15-10)7-9-4-3-5-12-6-9/h3-6,8H,2,7H2,1H3,(H,13,15,17). The largest absolute Gasteiger partial charge is 0.354 e. The lowest BCUT2D eigenvalue weighted by Crippen LogP contribution is -2.25. The van der Waals surface area contributed by atoms with E-state index in [1.165, 1.54) is 10.9 Å². The highest BCUT2D eigenvalue weighted by Gasteiger charge is 2.01. The zero-order valence-electron chi connectivity index (χ0n) is 9.50. The van der Waals surface area contributed by atoms with Gasteiger partial charge < -0.3 is 5.32 Å². The van der Waals surface area contributed by atoms with E-state index in [0.717, 1.165) is 5.56 Å². The molecule has 0 aliphatic rings.